The summed E-state index contributed by atoms with van der Waals surface area (Å²) >= 11 is 0. The molecule has 1 saturated heterocycles. The largest absolute Gasteiger partial charge is 0.496 e. The van der Waals surface area contributed by atoms with Gasteiger partial charge in [-0.3, -0.25) is 4.79 Å². The number of nitriles is 1. The summed E-state index contributed by atoms with van der Waals surface area (Å²) in [4.78, 5) is 13.6. The quantitative estimate of drug-likeness (QED) is 0.827. The number of carbonyl (C=O) groups excluding carboxylic acids is 1. The molecule has 0 spiro atoms. The second-order valence-corrected chi connectivity index (χ2v) is 4.39. The summed E-state index contributed by atoms with van der Waals surface area (Å²) in [5, 5.41) is 8.88. The molecule has 1 heterocycles. The average molecular weight is 260 g/mol. The molecule has 1 aromatic rings. The van der Waals surface area contributed by atoms with E-state index in [0.717, 1.165) is 17.0 Å². The lowest BCUT2D eigenvalue weighted by Gasteiger charge is -2.18. The molecule has 0 aliphatic carbocycles. The molecule has 1 fully saturated rings. The van der Waals surface area contributed by atoms with E-state index in [4.69, 9.17) is 14.7 Å². The Labute approximate surface area is 112 Å². The minimum Gasteiger partial charge on any atom is -0.496 e. The van der Waals surface area contributed by atoms with Gasteiger partial charge in [0.1, 0.15) is 11.7 Å². The first-order valence-electron chi connectivity index (χ1n) is 6.08. The van der Waals surface area contributed by atoms with E-state index in [9.17, 15) is 4.79 Å². The molecule has 0 aromatic heterocycles. The zero-order valence-electron chi connectivity index (χ0n) is 11.0. The van der Waals surface area contributed by atoms with Gasteiger partial charge in [-0.1, -0.05) is 0 Å². The van der Waals surface area contributed by atoms with E-state index in [1.807, 2.05) is 24.3 Å². The summed E-state index contributed by atoms with van der Waals surface area (Å²) in [6.45, 7) is 0.997. The van der Waals surface area contributed by atoms with Crippen LogP contribution >= 0.6 is 0 Å². The van der Waals surface area contributed by atoms with Crippen molar-refractivity contribution in [3.05, 3.63) is 23.8 Å². The van der Waals surface area contributed by atoms with Gasteiger partial charge >= 0.3 is 0 Å². The number of amides is 1. The van der Waals surface area contributed by atoms with Crippen LogP contribution in [0.2, 0.25) is 0 Å². The van der Waals surface area contributed by atoms with E-state index in [2.05, 4.69) is 0 Å². The highest BCUT2D eigenvalue weighted by molar-refractivity contribution is 5.98. The number of hydrogen-bond acceptors (Lipinski definition) is 4. The molecule has 1 unspecified atom stereocenters. The maximum atomic E-state index is 12.0. The molecule has 0 N–H and O–H groups in total. The van der Waals surface area contributed by atoms with Crippen LogP contribution in [0.4, 0.5) is 5.69 Å². The minimum absolute atomic E-state index is 0.129. The Bertz CT molecular complexity index is 522. The van der Waals surface area contributed by atoms with Crippen molar-refractivity contribution in [2.75, 3.05) is 25.7 Å². The van der Waals surface area contributed by atoms with Gasteiger partial charge in [0.2, 0.25) is 5.91 Å². The van der Waals surface area contributed by atoms with E-state index in [1.54, 1.807) is 19.1 Å². The Morgan fingerprint density at radius 1 is 1.47 bits per heavy atom. The molecule has 5 nitrogen and oxygen atoms in total. The number of anilines is 1. The van der Waals surface area contributed by atoms with Crippen molar-refractivity contribution in [2.24, 2.45) is 5.92 Å². The molecule has 0 radical (unpaired) electrons. The van der Waals surface area contributed by atoms with E-state index < -0.39 is 5.92 Å². The first kappa shape index (κ1) is 13.4. The summed E-state index contributed by atoms with van der Waals surface area (Å²) in [5.41, 5.74) is 1.67. The predicted molar refractivity (Wildman–Crippen MR) is 69.8 cm³/mol. The predicted octanol–water partition coefficient (Wildman–Crippen LogP) is 1.72. The zero-order valence-corrected chi connectivity index (χ0v) is 11.0. The Morgan fingerprint density at radius 2 is 2.26 bits per heavy atom. The van der Waals surface area contributed by atoms with E-state index in [0.29, 0.717) is 19.6 Å². The van der Waals surface area contributed by atoms with E-state index in [1.165, 1.54) is 0 Å². The third-order valence-corrected chi connectivity index (χ3v) is 3.24. The fraction of sp³-hybridized carbons (Fsp3) is 0.429. The molecule has 1 aliphatic heterocycles. The second kappa shape index (κ2) is 5.72. The van der Waals surface area contributed by atoms with Gasteiger partial charge in [0.15, 0.2) is 0 Å². The molecular formula is C14H16N2O3. The van der Waals surface area contributed by atoms with Crippen molar-refractivity contribution in [3.63, 3.8) is 0 Å². The van der Waals surface area contributed by atoms with Crippen molar-refractivity contribution in [2.45, 2.75) is 13.0 Å². The number of hydrogen-bond donors (Lipinski definition) is 0. The van der Waals surface area contributed by atoms with Gasteiger partial charge < -0.3 is 14.4 Å². The lowest BCUT2D eigenvalue weighted by Crippen LogP contribution is -2.26. The molecule has 19 heavy (non-hydrogen) atoms. The summed E-state index contributed by atoms with van der Waals surface area (Å²) in [7, 11) is 3.21. The Kier molecular flexibility index (Phi) is 4.03. The molecule has 1 atom stereocenters. The Morgan fingerprint density at radius 3 is 2.84 bits per heavy atom. The summed E-state index contributed by atoms with van der Waals surface area (Å²) in [5.74, 6) is 0.0816. The molecule has 5 heteroatoms. The van der Waals surface area contributed by atoms with Crippen LogP contribution in [-0.4, -0.2) is 26.7 Å². The van der Waals surface area contributed by atoms with Crippen LogP contribution < -0.4 is 9.64 Å². The number of benzene rings is 1. The maximum Gasteiger partial charge on any atom is 0.244 e. The number of nitrogens with zero attached hydrogens (tertiary/aromatic N) is 2. The van der Waals surface area contributed by atoms with Crippen LogP contribution in [0.3, 0.4) is 0 Å². The average Bonchev–Trinajstić information content (AvgIpc) is 2.80. The zero-order chi connectivity index (χ0) is 13.8. The highest BCUT2D eigenvalue weighted by Crippen LogP contribution is 2.29. The van der Waals surface area contributed by atoms with Gasteiger partial charge in [0, 0.05) is 24.9 Å². The second-order valence-electron chi connectivity index (χ2n) is 4.39. The SMILES string of the molecule is COCc1cc(N2CCC(C#N)C2=O)ccc1OC. The van der Waals surface area contributed by atoms with Crippen LogP contribution in [-0.2, 0) is 16.1 Å². The smallest absolute Gasteiger partial charge is 0.244 e. The van der Waals surface area contributed by atoms with Gasteiger partial charge in [0.25, 0.3) is 0 Å². The van der Waals surface area contributed by atoms with Crippen molar-refractivity contribution >= 4 is 11.6 Å². The number of carbonyl (C=O) groups is 1. The summed E-state index contributed by atoms with van der Waals surface area (Å²) < 4.78 is 10.4. The third-order valence-electron chi connectivity index (χ3n) is 3.24. The summed E-state index contributed by atoms with van der Waals surface area (Å²) in [6.07, 6.45) is 0.584. The highest BCUT2D eigenvalue weighted by atomic mass is 16.5. The Hall–Kier alpha value is -2.06. The van der Waals surface area contributed by atoms with Crippen molar-refractivity contribution in [1.82, 2.24) is 0 Å². The fourth-order valence-electron chi connectivity index (χ4n) is 2.26. The van der Waals surface area contributed by atoms with Crippen molar-refractivity contribution in [3.8, 4) is 11.8 Å². The van der Waals surface area contributed by atoms with Crippen LogP contribution in [0.25, 0.3) is 0 Å². The van der Waals surface area contributed by atoms with Gasteiger partial charge in [-0.15, -0.1) is 0 Å². The van der Waals surface area contributed by atoms with Crippen LogP contribution in [0.15, 0.2) is 18.2 Å². The Balaban J connectivity index is 2.29. The molecule has 1 aliphatic rings. The monoisotopic (exact) mass is 260 g/mol. The molecular weight excluding hydrogens is 244 g/mol. The molecule has 0 bridgehead atoms. The van der Waals surface area contributed by atoms with Gasteiger partial charge in [-0.25, -0.2) is 0 Å². The topological polar surface area (TPSA) is 62.6 Å². The summed E-state index contributed by atoms with van der Waals surface area (Å²) in [6, 6.07) is 7.56. The fourth-order valence-corrected chi connectivity index (χ4v) is 2.26. The van der Waals surface area contributed by atoms with E-state index in [-0.39, 0.29) is 5.91 Å². The van der Waals surface area contributed by atoms with Crippen LogP contribution in [0, 0.1) is 17.2 Å². The minimum atomic E-state index is -0.520. The van der Waals surface area contributed by atoms with Gasteiger partial charge in [-0.2, -0.15) is 5.26 Å². The van der Waals surface area contributed by atoms with E-state index >= 15 is 0 Å². The number of rotatable bonds is 4. The van der Waals surface area contributed by atoms with Gasteiger partial charge in [0.05, 0.1) is 19.8 Å². The molecule has 1 amide bonds. The first-order chi connectivity index (χ1) is 9.21. The van der Waals surface area contributed by atoms with Crippen LogP contribution in [0.5, 0.6) is 5.75 Å². The highest BCUT2D eigenvalue weighted by Gasteiger charge is 2.32. The molecule has 0 saturated carbocycles. The maximum absolute atomic E-state index is 12.0. The number of ether oxygens (including phenoxy) is 2. The lowest BCUT2D eigenvalue weighted by molar-refractivity contribution is -0.118. The van der Waals surface area contributed by atoms with Gasteiger partial charge in [-0.05, 0) is 24.6 Å². The first-order valence-corrected chi connectivity index (χ1v) is 6.08. The standard InChI is InChI=1S/C14H16N2O3/c1-18-9-11-7-12(3-4-13(11)19-2)16-6-5-10(8-15)14(16)17/h3-4,7,10H,5-6,9H2,1-2H3. The van der Waals surface area contributed by atoms with Crippen molar-refractivity contribution < 1.29 is 14.3 Å². The third kappa shape index (κ3) is 2.54. The molecule has 100 valence electrons. The molecule has 1 aromatic carbocycles. The van der Waals surface area contributed by atoms with Crippen molar-refractivity contribution in [1.29, 1.82) is 5.26 Å². The van der Waals surface area contributed by atoms with Crippen LogP contribution in [0.1, 0.15) is 12.0 Å². The normalized spacial score (nSPS) is 18.5. The lowest BCUT2D eigenvalue weighted by atomic mass is 10.1. The molecule has 2 rings (SSSR count). The number of methoxy groups -OCH3 is 2.